The number of hydrogen-bond donors (Lipinski definition) is 1. The molecule has 0 atom stereocenters. The number of halogens is 1. The highest BCUT2D eigenvalue weighted by Gasteiger charge is 2.08. The van der Waals surface area contributed by atoms with Gasteiger partial charge in [0.15, 0.2) is 0 Å². The molecule has 15 heavy (non-hydrogen) atoms. The summed E-state index contributed by atoms with van der Waals surface area (Å²) in [6.45, 7) is 0.0966. The lowest BCUT2D eigenvalue weighted by Crippen LogP contribution is -2.10. The van der Waals surface area contributed by atoms with Gasteiger partial charge in [-0.3, -0.25) is 9.59 Å². The average Bonchev–Trinajstić information content (AvgIpc) is 2.16. The van der Waals surface area contributed by atoms with Crippen LogP contribution < -0.4 is 0 Å². The maximum atomic E-state index is 10.9. The van der Waals surface area contributed by atoms with E-state index in [1.54, 1.807) is 12.1 Å². The van der Waals surface area contributed by atoms with Crippen LogP contribution in [0.1, 0.15) is 12.0 Å². The second-order valence-corrected chi connectivity index (χ2v) is 3.77. The predicted octanol–water partition coefficient (Wildman–Crippen LogP) is 1.97. The summed E-state index contributed by atoms with van der Waals surface area (Å²) >= 11 is 3.27. The Kier molecular flexibility index (Phi) is 4.30. The number of carbonyl (C=O) groups excluding carboxylic acids is 1. The molecule has 0 heterocycles. The van der Waals surface area contributed by atoms with E-state index in [9.17, 15) is 9.59 Å². The second-order valence-electron chi connectivity index (χ2n) is 2.86. The SMILES string of the molecule is O=C(O)CC(=O)OCc1ccc(Br)cc1. The lowest BCUT2D eigenvalue weighted by Gasteiger charge is -2.03. The smallest absolute Gasteiger partial charge is 0.317 e. The van der Waals surface area contributed by atoms with E-state index >= 15 is 0 Å². The fraction of sp³-hybridized carbons (Fsp3) is 0.200. The van der Waals surface area contributed by atoms with Gasteiger partial charge in [0.1, 0.15) is 13.0 Å². The highest BCUT2D eigenvalue weighted by molar-refractivity contribution is 9.10. The van der Waals surface area contributed by atoms with E-state index in [2.05, 4.69) is 15.9 Å². The van der Waals surface area contributed by atoms with Crippen molar-refractivity contribution in [1.82, 2.24) is 0 Å². The summed E-state index contributed by atoms with van der Waals surface area (Å²) in [4.78, 5) is 21.0. The molecule has 0 fully saturated rings. The fourth-order valence-corrected chi connectivity index (χ4v) is 1.18. The zero-order chi connectivity index (χ0) is 11.3. The summed E-state index contributed by atoms with van der Waals surface area (Å²) in [5.74, 6) is -1.92. The number of carbonyl (C=O) groups is 2. The third-order valence-corrected chi connectivity index (χ3v) is 2.14. The average molecular weight is 273 g/mol. The van der Waals surface area contributed by atoms with E-state index in [0.717, 1.165) is 10.0 Å². The van der Waals surface area contributed by atoms with Crippen molar-refractivity contribution >= 4 is 27.9 Å². The second kappa shape index (κ2) is 5.50. The molecule has 0 radical (unpaired) electrons. The van der Waals surface area contributed by atoms with E-state index in [0.29, 0.717) is 0 Å². The third-order valence-electron chi connectivity index (χ3n) is 1.61. The van der Waals surface area contributed by atoms with E-state index < -0.39 is 18.4 Å². The first-order valence-electron chi connectivity index (χ1n) is 4.20. The van der Waals surface area contributed by atoms with Crippen LogP contribution in [0.15, 0.2) is 28.7 Å². The molecule has 0 aliphatic rings. The van der Waals surface area contributed by atoms with Crippen LogP contribution in [0.5, 0.6) is 0 Å². The Balaban J connectivity index is 2.40. The molecule has 0 saturated heterocycles. The lowest BCUT2D eigenvalue weighted by molar-refractivity contribution is -0.152. The van der Waals surface area contributed by atoms with Crippen molar-refractivity contribution in [3.63, 3.8) is 0 Å². The number of carboxylic acid groups (broad SMARTS) is 1. The van der Waals surface area contributed by atoms with Crippen molar-refractivity contribution < 1.29 is 19.4 Å². The largest absolute Gasteiger partial charge is 0.481 e. The summed E-state index contributed by atoms with van der Waals surface area (Å²) in [5, 5.41) is 8.31. The molecular weight excluding hydrogens is 264 g/mol. The van der Waals surface area contributed by atoms with Crippen molar-refractivity contribution in [3.05, 3.63) is 34.3 Å². The summed E-state index contributed by atoms with van der Waals surface area (Å²) in [7, 11) is 0. The molecule has 1 N–H and O–H groups in total. The molecule has 1 rings (SSSR count). The lowest BCUT2D eigenvalue weighted by atomic mass is 10.2. The number of aliphatic carboxylic acids is 1. The van der Waals surface area contributed by atoms with Gasteiger partial charge in [-0.15, -0.1) is 0 Å². The molecule has 0 aliphatic carbocycles. The molecule has 0 aliphatic heterocycles. The molecular formula is C10H9BrO4. The Bertz CT molecular complexity index is 358. The monoisotopic (exact) mass is 272 g/mol. The first kappa shape index (κ1) is 11.7. The Morgan fingerprint density at radius 3 is 2.40 bits per heavy atom. The van der Waals surface area contributed by atoms with Gasteiger partial charge in [-0.1, -0.05) is 28.1 Å². The topological polar surface area (TPSA) is 63.6 Å². The Labute approximate surface area is 95.0 Å². The van der Waals surface area contributed by atoms with Crippen LogP contribution in [-0.2, 0) is 20.9 Å². The van der Waals surface area contributed by atoms with Crippen molar-refractivity contribution in [2.24, 2.45) is 0 Å². The van der Waals surface area contributed by atoms with Gasteiger partial charge in [0.25, 0.3) is 0 Å². The first-order valence-corrected chi connectivity index (χ1v) is 4.99. The van der Waals surface area contributed by atoms with Crippen LogP contribution in [0.25, 0.3) is 0 Å². The molecule has 1 aromatic carbocycles. The van der Waals surface area contributed by atoms with Gasteiger partial charge in [0.05, 0.1) is 0 Å². The normalized spacial score (nSPS) is 9.67. The zero-order valence-corrected chi connectivity index (χ0v) is 9.36. The minimum absolute atomic E-state index is 0.0966. The van der Waals surface area contributed by atoms with Crippen LogP contribution in [0, 0.1) is 0 Å². The minimum atomic E-state index is -1.18. The predicted molar refractivity (Wildman–Crippen MR) is 56.2 cm³/mol. The van der Waals surface area contributed by atoms with Crippen molar-refractivity contribution in [2.75, 3.05) is 0 Å². The first-order chi connectivity index (χ1) is 7.08. The van der Waals surface area contributed by atoms with E-state index in [1.165, 1.54) is 0 Å². The maximum Gasteiger partial charge on any atom is 0.317 e. The van der Waals surface area contributed by atoms with E-state index in [-0.39, 0.29) is 6.61 Å². The Morgan fingerprint density at radius 1 is 1.27 bits per heavy atom. The van der Waals surface area contributed by atoms with Gasteiger partial charge >= 0.3 is 11.9 Å². The summed E-state index contributed by atoms with van der Waals surface area (Å²) < 4.78 is 5.68. The molecule has 4 nitrogen and oxygen atoms in total. The molecule has 5 heteroatoms. The Hall–Kier alpha value is -1.36. The highest BCUT2D eigenvalue weighted by Crippen LogP contribution is 2.11. The molecule has 0 saturated carbocycles. The number of ether oxygens (including phenoxy) is 1. The molecule has 1 aromatic rings. The van der Waals surface area contributed by atoms with Crippen molar-refractivity contribution in [1.29, 1.82) is 0 Å². The Morgan fingerprint density at radius 2 is 1.87 bits per heavy atom. The third kappa shape index (κ3) is 4.60. The van der Waals surface area contributed by atoms with Crippen LogP contribution in [0.4, 0.5) is 0 Å². The highest BCUT2D eigenvalue weighted by atomic mass is 79.9. The van der Waals surface area contributed by atoms with Crippen molar-refractivity contribution in [3.8, 4) is 0 Å². The van der Waals surface area contributed by atoms with E-state index in [1.807, 2.05) is 12.1 Å². The van der Waals surface area contributed by atoms with Gasteiger partial charge in [-0.05, 0) is 17.7 Å². The molecule has 80 valence electrons. The quantitative estimate of drug-likeness (QED) is 0.672. The van der Waals surface area contributed by atoms with Gasteiger partial charge in [0, 0.05) is 4.47 Å². The minimum Gasteiger partial charge on any atom is -0.481 e. The van der Waals surface area contributed by atoms with Crippen LogP contribution in [0.3, 0.4) is 0 Å². The van der Waals surface area contributed by atoms with Gasteiger partial charge in [-0.2, -0.15) is 0 Å². The molecule has 0 unspecified atom stereocenters. The number of carboxylic acids is 1. The van der Waals surface area contributed by atoms with Gasteiger partial charge in [-0.25, -0.2) is 0 Å². The zero-order valence-electron chi connectivity index (χ0n) is 7.77. The molecule has 0 spiro atoms. The number of rotatable bonds is 4. The summed E-state index contributed by atoms with van der Waals surface area (Å²) in [6, 6.07) is 7.22. The summed E-state index contributed by atoms with van der Waals surface area (Å²) in [6.07, 6.45) is -0.601. The van der Waals surface area contributed by atoms with Crippen LogP contribution >= 0.6 is 15.9 Å². The van der Waals surface area contributed by atoms with Crippen LogP contribution in [-0.4, -0.2) is 17.0 Å². The molecule has 0 aromatic heterocycles. The maximum absolute atomic E-state index is 10.9. The summed E-state index contributed by atoms with van der Waals surface area (Å²) in [5.41, 5.74) is 0.817. The van der Waals surface area contributed by atoms with Gasteiger partial charge < -0.3 is 9.84 Å². The van der Waals surface area contributed by atoms with Crippen LogP contribution in [0.2, 0.25) is 0 Å². The molecule has 0 amide bonds. The van der Waals surface area contributed by atoms with Crippen molar-refractivity contribution in [2.45, 2.75) is 13.0 Å². The van der Waals surface area contributed by atoms with Gasteiger partial charge in [0.2, 0.25) is 0 Å². The standard InChI is InChI=1S/C10H9BrO4/c11-8-3-1-7(2-4-8)6-15-10(14)5-9(12)13/h1-4H,5-6H2,(H,12,13). The number of esters is 1. The fourth-order valence-electron chi connectivity index (χ4n) is 0.919. The number of hydrogen-bond acceptors (Lipinski definition) is 3. The molecule has 0 bridgehead atoms. The van der Waals surface area contributed by atoms with E-state index in [4.69, 9.17) is 9.84 Å². The number of benzene rings is 1.